The molecule has 0 atom stereocenters. The molecule has 3 aromatic rings. The summed E-state index contributed by atoms with van der Waals surface area (Å²) >= 11 is 6.38. The van der Waals surface area contributed by atoms with Crippen molar-refractivity contribution < 1.29 is 23.9 Å². The van der Waals surface area contributed by atoms with Gasteiger partial charge in [0.2, 0.25) is 0 Å². The average Bonchev–Trinajstić information content (AvgIpc) is 2.82. The number of hydrogen-bond acceptors (Lipinski definition) is 5. The normalized spacial score (nSPS) is 12.1. The third-order valence-electron chi connectivity index (χ3n) is 5.59. The molecule has 0 aromatic heterocycles. The summed E-state index contributed by atoms with van der Waals surface area (Å²) in [6.45, 7) is 3.33. The number of ether oxygens (including phenoxy) is 1. The number of fused-ring (bicyclic) bond motifs is 2. The molecule has 166 valence electrons. The Bertz CT molecular complexity index is 1330. The van der Waals surface area contributed by atoms with Crippen LogP contribution in [0.15, 0.2) is 54.6 Å². The highest BCUT2D eigenvalue weighted by Crippen LogP contribution is 2.34. The Kier molecular flexibility index (Phi) is 6.11. The van der Waals surface area contributed by atoms with Gasteiger partial charge in [0.25, 0.3) is 5.91 Å². The van der Waals surface area contributed by atoms with E-state index in [1.54, 1.807) is 24.3 Å². The highest BCUT2D eigenvalue weighted by atomic mass is 35.5. The second-order valence-corrected chi connectivity index (χ2v) is 8.02. The standard InChI is InChI=1S/C26H20ClNO5/c1-3-15-8-6-7-14(2)23(15)28-20(29)13-33-26(32)19-12-11-18-21(22(19)27)25(31)17-10-5-4-9-16(17)24(18)30/h4-12H,3,13H2,1-2H3,(H,28,29). The number of amides is 1. The Morgan fingerprint density at radius 2 is 1.61 bits per heavy atom. The van der Waals surface area contributed by atoms with E-state index >= 15 is 0 Å². The fourth-order valence-corrected chi connectivity index (χ4v) is 4.22. The Morgan fingerprint density at radius 3 is 2.30 bits per heavy atom. The second kappa shape index (κ2) is 9.00. The fourth-order valence-electron chi connectivity index (χ4n) is 3.89. The number of aryl methyl sites for hydroxylation is 2. The number of hydrogen-bond donors (Lipinski definition) is 1. The Balaban J connectivity index is 1.53. The van der Waals surface area contributed by atoms with Gasteiger partial charge in [0, 0.05) is 22.4 Å². The van der Waals surface area contributed by atoms with Gasteiger partial charge in [-0.25, -0.2) is 4.79 Å². The topological polar surface area (TPSA) is 89.5 Å². The van der Waals surface area contributed by atoms with Crippen molar-refractivity contribution in [2.75, 3.05) is 11.9 Å². The summed E-state index contributed by atoms with van der Waals surface area (Å²) in [5.74, 6) is -2.14. The fraction of sp³-hybridized carbons (Fsp3) is 0.154. The van der Waals surface area contributed by atoms with Crippen LogP contribution in [0.25, 0.3) is 0 Å². The number of para-hydroxylation sites is 1. The van der Waals surface area contributed by atoms with Crippen molar-refractivity contribution in [1.82, 2.24) is 0 Å². The van der Waals surface area contributed by atoms with Gasteiger partial charge in [-0.3, -0.25) is 14.4 Å². The Morgan fingerprint density at radius 1 is 0.909 bits per heavy atom. The lowest BCUT2D eigenvalue weighted by molar-refractivity contribution is -0.119. The van der Waals surface area contributed by atoms with Crippen LogP contribution in [-0.2, 0) is 16.0 Å². The van der Waals surface area contributed by atoms with Crippen LogP contribution >= 0.6 is 11.6 Å². The number of ketones is 2. The number of carbonyl (C=O) groups is 4. The lowest BCUT2D eigenvalue weighted by atomic mass is 9.83. The third-order valence-corrected chi connectivity index (χ3v) is 5.98. The van der Waals surface area contributed by atoms with Gasteiger partial charge in [0.1, 0.15) is 0 Å². The minimum atomic E-state index is -0.863. The number of esters is 1. The molecular formula is C26H20ClNO5. The van der Waals surface area contributed by atoms with Crippen molar-refractivity contribution in [2.45, 2.75) is 20.3 Å². The van der Waals surface area contributed by atoms with Crippen molar-refractivity contribution >= 4 is 40.7 Å². The third kappa shape index (κ3) is 4.05. The van der Waals surface area contributed by atoms with E-state index in [1.165, 1.54) is 12.1 Å². The molecule has 33 heavy (non-hydrogen) atoms. The molecule has 0 bridgehead atoms. The maximum Gasteiger partial charge on any atom is 0.340 e. The lowest BCUT2D eigenvalue weighted by Gasteiger charge is -2.19. The molecule has 0 saturated heterocycles. The molecule has 0 spiro atoms. The zero-order chi connectivity index (χ0) is 23.7. The molecule has 1 aliphatic carbocycles. The van der Waals surface area contributed by atoms with Gasteiger partial charge < -0.3 is 10.1 Å². The van der Waals surface area contributed by atoms with E-state index in [0.29, 0.717) is 11.3 Å². The number of halogens is 1. The zero-order valence-corrected chi connectivity index (χ0v) is 18.8. The van der Waals surface area contributed by atoms with Crippen LogP contribution in [0.5, 0.6) is 0 Å². The van der Waals surface area contributed by atoms with Crippen LogP contribution in [0.4, 0.5) is 5.69 Å². The minimum absolute atomic E-state index is 0.0354. The molecule has 0 unspecified atom stereocenters. The van der Waals surface area contributed by atoms with Gasteiger partial charge in [-0.1, -0.05) is 61.0 Å². The lowest BCUT2D eigenvalue weighted by Crippen LogP contribution is -2.24. The van der Waals surface area contributed by atoms with Gasteiger partial charge >= 0.3 is 5.97 Å². The number of carbonyl (C=O) groups excluding carboxylic acids is 4. The molecule has 0 fully saturated rings. The summed E-state index contributed by atoms with van der Waals surface area (Å²) in [4.78, 5) is 50.8. The van der Waals surface area contributed by atoms with E-state index in [1.807, 2.05) is 32.0 Å². The van der Waals surface area contributed by atoms with E-state index in [9.17, 15) is 19.2 Å². The summed E-state index contributed by atoms with van der Waals surface area (Å²) in [7, 11) is 0. The summed E-state index contributed by atoms with van der Waals surface area (Å²) < 4.78 is 5.15. The van der Waals surface area contributed by atoms with E-state index < -0.39 is 24.3 Å². The highest BCUT2D eigenvalue weighted by Gasteiger charge is 2.33. The van der Waals surface area contributed by atoms with Crippen LogP contribution in [0.3, 0.4) is 0 Å². The maximum absolute atomic E-state index is 13.0. The monoisotopic (exact) mass is 461 g/mol. The first-order valence-electron chi connectivity index (χ1n) is 10.4. The Hall–Kier alpha value is -3.77. The average molecular weight is 462 g/mol. The summed E-state index contributed by atoms with van der Waals surface area (Å²) in [5.41, 5.74) is 3.08. The first-order valence-corrected chi connectivity index (χ1v) is 10.8. The SMILES string of the molecule is CCc1cccc(C)c1NC(=O)COC(=O)c1ccc2c(c1Cl)C(=O)c1ccccc1C2=O. The van der Waals surface area contributed by atoms with Gasteiger partial charge in [0.15, 0.2) is 18.2 Å². The largest absolute Gasteiger partial charge is 0.452 e. The molecule has 0 heterocycles. The number of nitrogens with one attached hydrogen (secondary N) is 1. The van der Waals surface area contributed by atoms with Gasteiger partial charge in [-0.15, -0.1) is 0 Å². The van der Waals surface area contributed by atoms with Crippen molar-refractivity contribution in [2.24, 2.45) is 0 Å². The molecule has 0 aliphatic heterocycles. The van der Waals surface area contributed by atoms with Crippen molar-refractivity contribution in [3.8, 4) is 0 Å². The van der Waals surface area contributed by atoms with E-state index in [0.717, 1.165) is 17.5 Å². The smallest absolute Gasteiger partial charge is 0.340 e. The van der Waals surface area contributed by atoms with Crippen LogP contribution in [0.2, 0.25) is 5.02 Å². The summed E-state index contributed by atoms with van der Waals surface area (Å²) in [5, 5.41) is 2.61. The minimum Gasteiger partial charge on any atom is -0.452 e. The predicted molar refractivity (Wildman–Crippen MR) is 124 cm³/mol. The summed E-state index contributed by atoms with van der Waals surface area (Å²) in [6.07, 6.45) is 0.734. The molecule has 7 heteroatoms. The molecule has 6 nitrogen and oxygen atoms in total. The first kappa shape index (κ1) is 22.4. The van der Waals surface area contributed by atoms with E-state index in [2.05, 4.69) is 5.32 Å². The molecule has 1 aliphatic rings. The highest BCUT2D eigenvalue weighted by molar-refractivity contribution is 6.41. The number of anilines is 1. The zero-order valence-electron chi connectivity index (χ0n) is 18.0. The quantitative estimate of drug-likeness (QED) is 0.432. The molecule has 3 aromatic carbocycles. The number of benzene rings is 3. The van der Waals surface area contributed by atoms with Crippen molar-refractivity contribution in [3.05, 3.63) is 98.6 Å². The van der Waals surface area contributed by atoms with E-state index in [4.69, 9.17) is 16.3 Å². The summed E-state index contributed by atoms with van der Waals surface area (Å²) in [6, 6.07) is 14.9. The molecule has 1 N–H and O–H groups in total. The second-order valence-electron chi connectivity index (χ2n) is 7.64. The van der Waals surface area contributed by atoms with Crippen LogP contribution in [0.1, 0.15) is 60.3 Å². The van der Waals surface area contributed by atoms with Crippen LogP contribution < -0.4 is 5.32 Å². The first-order chi connectivity index (χ1) is 15.8. The molecule has 0 saturated carbocycles. The van der Waals surface area contributed by atoms with Gasteiger partial charge in [-0.2, -0.15) is 0 Å². The molecule has 0 radical (unpaired) electrons. The van der Waals surface area contributed by atoms with Crippen LogP contribution in [-0.4, -0.2) is 30.0 Å². The van der Waals surface area contributed by atoms with Crippen molar-refractivity contribution in [3.63, 3.8) is 0 Å². The molecular weight excluding hydrogens is 442 g/mol. The molecule has 4 rings (SSSR count). The van der Waals surface area contributed by atoms with Gasteiger partial charge in [0.05, 0.1) is 16.1 Å². The van der Waals surface area contributed by atoms with Gasteiger partial charge in [-0.05, 0) is 36.6 Å². The predicted octanol–water partition coefficient (Wildman–Crippen LogP) is 4.78. The van der Waals surface area contributed by atoms with Crippen molar-refractivity contribution in [1.29, 1.82) is 0 Å². The maximum atomic E-state index is 13.0. The number of rotatable bonds is 5. The Labute approximate surface area is 195 Å². The van der Waals surface area contributed by atoms with Crippen LogP contribution in [0, 0.1) is 6.92 Å². The molecule has 1 amide bonds. The van der Waals surface area contributed by atoms with E-state index in [-0.39, 0.29) is 33.1 Å².